The molecule has 0 saturated heterocycles. The third kappa shape index (κ3) is 8.74. The molecule has 3 aromatic carbocycles. The Morgan fingerprint density at radius 3 is 2.41 bits per heavy atom. The average Bonchev–Trinajstić information content (AvgIpc) is 2.84. The SMILES string of the molecule is CS(=O)(=O)Nc1cc(C(O)CNCCOc2ccc(-c3ccc(CCC(=O)O)cc3)cc2F)ccc1O. The maximum absolute atomic E-state index is 14.6. The van der Waals surface area contributed by atoms with Gasteiger partial charge in [0.2, 0.25) is 10.0 Å². The minimum Gasteiger partial charge on any atom is -0.506 e. The van der Waals surface area contributed by atoms with E-state index in [1.165, 1.54) is 30.3 Å². The summed E-state index contributed by atoms with van der Waals surface area (Å²) >= 11 is 0. The highest BCUT2D eigenvalue weighted by Gasteiger charge is 2.13. The van der Waals surface area contributed by atoms with Gasteiger partial charge in [0.05, 0.1) is 18.0 Å². The van der Waals surface area contributed by atoms with Gasteiger partial charge >= 0.3 is 5.97 Å². The van der Waals surface area contributed by atoms with Gasteiger partial charge in [0.1, 0.15) is 12.4 Å². The smallest absolute Gasteiger partial charge is 0.303 e. The summed E-state index contributed by atoms with van der Waals surface area (Å²) in [6.07, 6.45) is 0.455. The summed E-state index contributed by atoms with van der Waals surface area (Å²) in [6, 6.07) is 16.0. The highest BCUT2D eigenvalue weighted by molar-refractivity contribution is 7.92. The Bertz CT molecular complexity index is 1330. The first-order chi connectivity index (χ1) is 17.5. The normalized spacial score (nSPS) is 12.2. The van der Waals surface area contributed by atoms with Gasteiger partial charge in [-0.15, -0.1) is 0 Å². The van der Waals surface area contributed by atoms with Crippen molar-refractivity contribution >= 4 is 21.7 Å². The van der Waals surface area contributed by atoms with Crippen molar-refractivity contribution in [2.24, 2.45) is 0 Å². The number of aliphatic hydroxyl groups is 1. The number of aryl methyl sites for hydroxylation is 1. The lowest BCUT2D eigenvalue weighted by atomic mass is 10.0. The van der Waals surface area contributed by atoms with E-state index in [1.54, 1.807) is 6.07 Å². The number of nitrogens with one attached hydrogen (secondary N) is 2. The lowest BCUT2D eigenvalue weighted by Gasteiger charge is -2.15. The zero-order valence-electron chi connectivity index (χ0n) is 20.1. The van der Waals surface area contributed by atoms with Crippen LogP contribution in [0.4, 0.5) is 10.1 Å². The first-order valence-corrected chi connectivity index (χ1v) is 13.3. The number of hydrogen-bond acceptors (Lipinski definition) is 7. The summed E-state index contributed by atoms with van der Waals surface area (Å²) in [5, 5.41) is 31.9. The third-order valence-corrected chi connectivity index (χ3v) is 6.01. The van der Waals surface area contributed by atoms with Crippen LogP contribution in [0, 0.1) is 5.82 Å². The highest BCUT2D eigenvalue weighted by Crippen LogP contribution is 2.28. The number of benzene rings is 3. The van der Waals surface area contributed by atoms with Gasteiger partial charge < -0.3 is 25.4 Å². The fourth-order valence-corrected chi connectivity index (χ4v) is 4.11. The number of aliphatic hydroxyl groups excluding tert-OH is 1. The number of phenols is 1. The van der Waals surface area contributed by atoms with Crippen molar-refractivity contribution in [1.29, 1.82) is 0 Å². The molecule has 198 valence electrons. The van der Waals surface area contributed by atoms with Gasteiger partial charge in [0.15, 0.2) is 11.6 Å². The molecule has 0 amide bonds. The molecule has 3 rings (SSSR count). The molecule has 1 unspecified atom stereocenters. The fourth-order valence-electron chi connectivity index (χ4n) is 3.54. The lowest BCUT2D eigenvalue weighted by molar-refractivity contribution is -0.136. The summed E-state index contributed by atoms with van der Waals surface area (Å²) < 4.78 is 45.0. The largest absolute Gasteiger partial charge is 0.506 e. The van der Waals surface area contributed by atoms with Crippen LogP contribution in [0.15, 0.2) is 60.7 Å². The van der Waals surface area contributed by atoms with Crippen LogP contribution in [0.5, 0.6) is 11.5 Å². The van der Waals surface area contributed by atoms with E-state index in [1.807, 2.05) is 24.3 Å². The van der Waals surface area contributed by atoms with E-state index >= 15 is 0 Å². The van der Waals surface area contributed by atoms with Crippen molar-refractivity contribution in [2.45, 2.75) is 18.9 Å². The van der Waals surface area contributed by atoms with E-state index in [2.05, 4.69) is 10.0 Å². The molecule has 1 atom stereocenters. The van der Waals surface area contributed by atoms with Crippen LogP contribution in [0.2, 0.25) is 0 Å². The average molecular weight is 533 g/mol. The number of rotatable bonds is 13. The monoisotopic (exact) mass is 532 g/mol. The number of ether oxygens (including phenoxy) is 1. The zero-order chi connectivity index (χ0) is 27.0. The number of halogens is 1. The summed E-state index contributed by atoms with van der Waals surface area (Å²) in [5.41, 5.74) is 2.71. The Kier molecular flexibility index (Phi) is 9.45. The Hall–Kier alpha value is -3.67. The summed E-state index contributed by atoms with van der Waals surface area (Å²) in [5.74, 6) is -1.56. The van der Waals surface area contributed by atoms with E-state index < -0.39 is 27.9 Å². The molecule has 0 radical (unpaired) electrons. The lowest BCUT2D eigenvalue weighted by Crippen LogP contribution is -2.26. The van der Waals surface area contributed by atoms with Gasteiger partial charge in [-0.3, -0.25) is 9.52 Å². The van der Waals surface area contributed by atoms with Crippen LogP contribution in [-0.2, 0) is 21.2 Å². The summed E-state index contributed by atoms with van der Waals surface area (Å²) in [4.78, 5) is 10.7. The van der Waals surface area contributed by atoms with E-state index in [0.29, 0.717) is 24.1 Å². The van der Waals surface area contributed by atoms with Gasteiger partial charge in [0, 0.05) is 19.5 Å². The van der Waals surface area contributed by atoms with Crippen LogP contribution in [0.3, 0.4) is 0 Å². The van der Waals surface area contributed by atoms with Gasteiger partial charge in [-0.25, -0.2) is 12.8 Å². The van der Waals surface area contributed by atoms with Gasteiger partial charge in [0.25, 0.3) is 0 Å². The first-order valence-electron chi connectivity index (χ1n) is 11.4. The van der Waals surface area contributed by atoms with Crippen molar-refractivity contribution in [3.8, 4) is 22.6 Å². The predicted molar refractivity (Wildman–Crippen MR) is 138 cm³/mol. The number of phenolic OH excluding ortho intramolecular Hbond substituents is 1. The molecule has 5 N–H and O–H groups in total. The third-order valence-electron chi connectivity index (χ3n) is 5.42. The van der Waals surface area contributed by atoms with Crippen LogP contribution >= 0.6 is 0 Å². The number of anilines is 1. The molecule has 0 heterocycles. The molecule has 11 heteroatoms. The second kappa shape index (κ2) is 12.5. The van der Waals surface area contributed by atoms with Gasteiger partial charge in [-0.1, -0.05) is 36.4 Å². The topological polar surface area (TPSA) is 145 Å². The van der Waals surface area contributed by atoms with E-state index in [4.69, 9.17) is 9.84 Å². The Balaban J connectivity index is 1.47. The van der Waals surface area contributed by atoms with E-state index in [0.717, 1.165) is 17.4 Å². The molecule has 0 saturated carbocycles. The molecular weight excluding hydrogens is 503 g/mol. The molecule has 9 nitrogen and oxygen atoms in total. The molecule has 0 aliphatic carbocycles. The quantitative estimate of drug-likeness (QED) is 0.167. The summed E-state index contributed by atoms with van der Waals surface area (Å²) in [6.45, 7) is 0.566. The van der Waals surface area contributed by atoms with Gasteiger partial charge in [-0.05, 0) is 52.9 Å². The molecule has 3 aromatic rings. The highest BCUT2D eigenvalue weighted by atomic mass is 32.2. The molecular formula is C26H29FN2O7S. The van der Waals surface area contributed by atoms with Crippen molar-refractivity contribution in [2.75, 3.05) is 30.7 Å². The van der Waals surface area contributed by atoms with Crippen LogP contribution in [0.1, 0.15) is 23.7 Å². The van der Waals surface area contributed by atoms with Crippen LogP contribution < -0.4 is 14.8 Å². The number of aromatic hydroxyl groups is 1. The Morgan fingerprint density at radius 2 is 1.76 bits per heavy atom. The Morgan fingerprint density at radius 1 is 1.05 bits per heavy atom. The van der Waals surface area contributed by atoms with Gasteiger partial charge in [-0.2, -0.15) is 0 Å². The van der Waals surface area contributed by atoms with Crippen molar-refractivity contribution < 1.29 is 37.7 Å². The van der Waals surface area contributed by atoms with E-state index in [-0.39, 0.29) is 36.8 Å². The van der Waals surface area contributed by atoms with Crippen LogP contribution in [-0.4, -0.2) is 55.7 Å². The number of carboxylic acids is 1. The standard InChI is InChI=1S/C26H29FN2O7S/c1-37(34,35)29-22-15-20(7-9-23(22)30)24(31)16-28-12-13-36-25-10-8-19(14-21(25)27)18-5-2-17(3-6-18)4-11-26(32)33/h2-3,5-10,14-15,24,28-31H,4,11-13,16H2,1H3,(H,32,33). The Labute approximate surface area is 214 Å². The predicted octanol–water partition coefficient (Wildman–Crippen LogP) is 3.29. The minimum absolute atomic E-state index is 0.0320. The number of carbonyl (C=O) groups is 1. The summed E-state index contributed by atoms with van der Waals surface area (Å²) in [7, 11) is -3.59. The second-order valence-electron chi connectivity index (χ2n) is 8.46. The van der Waals surface area contributed by atoms with Crippen molar-refractivity contribution in [3.63, 3.8) is 0 Å². The molecule has 0 aliphatic rings. The molecule has 0 fully saturated rings. The maximum Gasteiger partial charge on any atom is 0.303 e. The number of sulfonamides is 1. The molecule has 0 aliphatic heterocycles. The van der Waals surface area contributed by atoms with Crippen molar-refractivity contribution in [1.82, 2.24) is 5.32 Å². The molecule has 37 heavy (non-hydrogen) atoms. The minimum atomic E-state index is -3.59. The number of aliphatic carboxylic acids is 1. The van der Waals surface area contributed by atoms with Crippen molar-refractivity contribution in [3.05, 3.63) is 77.6 Å². The maximum atomic E-state index is 14.6. The molecule has 0 spiro atoms. The first kappa shape index (κ1) is 27.9. The number of hydrogen-bond donors (Lipinski definition) is 5. The van der Waals surface area contributed by atoms with E-state index in [9.17, 15) is 27.8 Å². The zero-order valence-corrected chi connectivity index (χ0v) is 21.0. The molecule has 0 bridgehead atoms. The number of carboxylic acid groups (broad SMARTS) is 1. The molecule has 0 aromatic heterocycles. The fraction of sp³-hybridized carbons (Fsp3) is 0.269. The van der Waals surface area contributed by atoms with Crippen LogP contribution in [0.25, 0.3) is 11.1 Å². The second-order valence-corrected chi connectivity index (χ2v) is 10.2.